The first-order valence-corrected chi connectivity index (χ1v) is 4.07. The van der Waals surface area contributed by atoms with E-state index in [0.717, 1.165) is 12.3 Å². The smallest absolute Gasteiger partial charge is 0.302 e. The number of carbonyl (C=O) groups excluding carboxylic acids is 1. The molecule has 0 spiro atoms. The van der Waals surface area contributed by atoms with E-state index in [1.807, 2.05) is 0 Å². The van der Waals surface area contributed by atoms with Crippen LogP contribution in [0.3, 0.4) is 0 Å². The van der Waals surface area contributed by atoms with Gasteiger partial charge in [0.15, 0.2) is 0 Å². The van der Waals surface area contributed by atoms with Crippen LogP contribution in [0.5, 0.6) is 0 Å². The van der Waals surface area contributed by atoms with Crippen LogP contribution in [0.25, 0.3) is 0 Å². The highest BCUT2D eigenvalue weighted by molar-refractivity contribution is 5.65. The standard InChI is InChI=1S/C8H15NO2/c1-6(10)11-5-8(9)4-7-2-3-7/h7-8H,2-5,9H2,1H3/t8-/m1/s1. The number of hydrogen-bond donors (Lipinski definition) is 1. The summed E-state index contributed by atoms with van der Waals surface area (Å²) in [6.07, 6.45) is 3.61. The summed E-state index contributed by atoms with van der Waals surface area (Å²) in [5.74, 6) is 0.566. The molecule has 0 amide bonds. The van der Waals surface area contributed by atoms with Crippen molar-refractivity contribution in [2.45, 2.75) is 32.2 Å². The molecule has 1 rings (SSSR count). The molecule has 0 aromatic rings. The van der Waals surface area contributed by atoms with Gasteiger partial charge in [0, 0.05) is 13.0 Å². The molecule has 0 aliphatic heterocycles. The summed E-state index contributed by atoms with van der Waals surface area (Å²) in [5, 5.41) is 0. The SMILES string of the molecule is CC(=O)OC[C@H](N)CC1CC1. The van der Waals surface area contributed by atoms with Gasteiger partial charge in [-0.15, -0.1) is 0 Å². The van der Waals surface area contributed by atoms with Gasteiger partial charge in [0.05, 0.1) is 0 Å². The number of rotatable bonds is 4. The van der Waals surface area contributed by atoms with Crippen LogP contribution in [-0.4, -0.2) is 18.6 Å². The predicted octanol–water partition coefficient (Wildman–Crippen LogP) is 0.677. The molecule has 1 aliphatic rings. The van der Waals surface area contributed by atoms with Crippen molar-refractivity contribution in [1.82, 2.24) is 0 Å². The van der Waals surface area contributed by atoms with Gasteiger partial charge in [-0.1, -0.05) is 12.8 Å². The normalized spacial score (nSPS) is 19.5. The molecule has 3 nitrogen and oxygen atoms in total. The van der Waals surface area contributed by atoms with Gasteiger partial charge in [-0.2, -0.15) is 0 Å². The largest absolute Gasteiger partial charge is 0.464 e. The van der Waals surface area contributed by atoms with E-state index in [9.17, 15) is 4.79 Å². The van der Waals surface area contributed by atoms with Crippen LogP contribution in [0.15, 0.2) is 0 Å². The highest BCUT2D eigenvalue weighted by Gasteiger charge is 2.23. The van der Waals surface area contributed by atoms with E-state index < -0.39 is 0 Å². The molecular formula is C8H15NO2. The van der Waals surface area contributed by atoms with Crippen LogP contribution in [0.2, 0.25) is 0 Å². The molecule has 1 fully saturated rings. The van der Waals surface area contributed by atoms with E-state index in [-0.39, 0.29) is 12.0 Å². The average molecular weight is 157 g/mol. The summed E-state index contributed by atoms with van der Waals surface area (Å²) in [5.41, 5.74) is 5.69. The molecule has 0 aromatic carbocycles. The van der Waals surface area contributed by atoms with E-state index in [0.29, 0.717) is 6.61 Å². The molecule has 2 N–H and O–H groups in total. The van der Waals surface area contributed by atoms with Gasteiger partial charge >= 0.3 is 5.97 Å². The molecule has 1 atom stereocenters. The van der Waals surface area contributed by atoms with Gasteiger partial charge in [-0.3, -0.25) is 4.79 Å². The van der Waals surface area contributed by atoms with Crippen molar-refractivity contribution >= 4 is 5.97 Å². The number of esters is 1. The lowest BCUT2D eigenvalue weighted by molar-refractivity contribution is -0.141. The number of nitrogens with two attached hydrogens (primary N) is 1. The Morgan fingerprint density at radius 1 is 1.73 bits per heavy atom. The lowest BCUT2D eigenvalue weighted by Gasteiger charge is -2.09. The highest BCUT2D eigenvalue weighted by Crippen LogP contribution is 2.33. The minimum Gasteiger partial charge on any atom is -0.464 e. The zero-order valence-corrected chi connectivity index (χ0v) is 6.88. The van der Waals surface area contributed by atoms with E-state index in [4.69, 9.17) is 10.5 Å². The van der Waals surface area contributed by atoms with Crippen molar-refractivity contribution in [1.29, 1.82) is 0 Å². The van der Waals surface area contributed by atoms with Crippen LogP contribution in [0, 0.1) is 5.92 Å². The van der Waals surface area contributed by atoms with E-state index in [1.165, 1.54) is 19.8 Å². The molecule has 1 saturated carbocycles. The van der Waals surface area contributed by atoms with Crippen molar-refractivity contribution in [3.8, 4) is 0 Å². The second-order valence-electron chi connectivity index (χ2n) is 3.24. The van der Waals surface area contributed by atoms with E-state index in [2.05, 4.69) is 0 Å². The molecular weight excluding hydrogens is 142 g/mol. The topological polar surface area (TPSA) is 52.3 Å². The van der Waals surface area contributed by atoms with Gasteiger partial charge in [-0.25, -0.2) is 0 Å². The third kappa shape index (κ3) is 3.98. The first-order valence-electron chi connectivity index (χ1n) is 4.07. The van der Waals surface area contributed by atoms with Crippen LogP contribution in [0.1, 0.15) is 26.2 Å². The third-order valence-corrected chi connectivity index (χ3v) is 1.83. The fourth-order valence-corrected chi connectivity index (χ4v) is 1.07. The second-order valence-corrected chi connectivity index (χ2v) is 3.24. The Kier molecular flexibility index (Phi) is 2.88. The highest BCUT2D eigenvalue weighted by atomic mass is 16.5. The Balaban J connectivity index is 1.99. The fourth-order valence-electron chi connectivity index (χ4n) is 1.07. The average Bonchev–Trinajstić information content (AvgIpc) is 2.67. The Bertz CT molecular complexity index is 143. The lowest BCUT2D eigenvalue weighted by atomic mass is 10.2. The van der Waals surface area contributed by atoms with Crippen LogP contribution in [-0.2, 0) is 9.53 Å². The zero-order chi connectivity index (χ0) is 8.27. The Hall–Kier alpha value is -0.570. The minimum atomic E-state index is -0.240. The maximum Gasteiger partial charge on any atom is 0.302 e. The summed E-state index contributed by atoms with van der Waals surface area (Å²) in [7, 11) is 0. The Morgan fingerprint density at radius 2 is 2.36 bits per heavy atom. The van der Waals surface area contributed by atoms with Gasteiger partial charge < -0.3 is 10.5 Å². The Morgan fingerprint density at radius 3 is 2.82 bits per heavy atom. The number of carbonyl (C=O) groups is 1. The van der Waals surface area contributed by atoms with E-state index >= 15 is 0 Å². The van der Waals surface area contributed by atoms with Crippen molar-refractivity contribution in [3.05, 3.63) is 0 Å². The first-order chi connectivity index (χ1) is 5.18. The minimum absolute atomic E-state index is 0.0476. The van der Waals surface area contributed by atoms with Crippen molar-refractivity contribution in [2.75, 3.05) is 6.61 Å². The van der Waals surface area contributed by atoms with Crippen LogP contribution in [0.4, 0.5) is 0 Å². The fraction of sp³-hybridized carbons (Fsp3) is 0.875. The molecule has 64 valence electrons. The Labute approximate surface area is 66.9 Å². The van der Waals surface area contributed by atoms with Crippen molar-refractivity contribution in [2.24, 2.45) is 11.7 Å². The predicted molar refractivity (Wildman–Crippen MR) is 41.9 cm³/mol. The van der Waals surface area contributed by atoms with Crippen LogP contribution >= 0.6 is 0 Å². The molecule has 0 radical (unpaired) electrons. The monoisotopic (exact) mass is 157 g/mol. The van der Waals surface area contributed by atoms with Gasteiger partial charge in [0.25, 0.3) is 0 Å². The number of hydrogen-bond acceptors (Lipinski definition) is 3. The molecule has 0 saturated heterocycles. The maximum atomic E-state index is 10.4. The quantitative estimate of drug-likeness (QED) is 0.610. The number of ether oxygens (including phenoxy) is 1. The van der Waals surface area contributed by atoms with Gasteiger partial charge in [-0.05, 0) is 12.3 Å². The summed E-state index contributed by atoms with van der Waals surface area (Å²) < 4.78 is 4.77. The molecule has 3 heteroatoms. The molecule has 0 unspecified atom stereocenters. The van der Waals surface area contributed by atoms with Crippen molar-refractivity contribution < 1.29 is 9.53 Å². The summed E-state index contributed by atoms with van der Waals surface area (Å²) in [4.78, 5) is 10.4. The molecule has 0 heterocycles. The summed E-state index contributed by atoms with van der Waals surface area (Å²) >= 11 is 0. The molecule has 1 aliphatic carbocycles. The molecule has 0 bridgehead atoms. The summed E-state index contributed by atoms with van der Waals surface area (Å²) in [6, 6.07) is 0.0476. The van der Waals surface area contributed by atoms with Gasteiger partial charge in [0.1, 0.15) is 6.61 Å². The molecule has 0 aromatic heterocycles. The van der Waals surface area contributed by atoms with Gasteiger partial charge in [0.2, 0.25) is 0 Å². The lowest BCUT2D eigenvalue weighted by Crippen LogP contribution is -2.27. The first kappa shape index (κ1) is 8.53. The zero-order valence-electron chi connectivity index (χ0n) is 6.88. The maximum absolute atomic E-state index is 10.4. The van der Waals surface area contributed by atoms with E-state index in [1.54, 1.807) is 0 Å². The summed E-state index contributed by atoms with van der Waals surface area (Å²) in [6.45, 7) is 1.79. The second kappa shape index (κ2) is 3.72. The van der Waals surface area contributed by atoms with Crippen LogP contribution < -0.4 is 5.73 Å². The molecule has 11 heavy (non-hydrogen) atoms. The van der Waals surface area contributed by atoms with Crippen molar-refractivity contribution in [3.63, 3.8) is 0 Å². The third-order valence-electron chi connectivity index (χ3n) is 1.83.